The summed E-state index contributed by atoms with van der Waals surface area (Å²) in [7, 11) is 0. The molecule has 0 aromatic carbocycles. The summed E-state index contributed by atoms with van der Waals surface area (Å²) < 4.78 is 6.05. The predicted octanol–water partition coefficient (Wildman–Crippen LogP) is 5.50. The summed E-state index contributed by atoms with van der Waals surface area (Å²) in [6.07, 6.45) is 6.50. The van der Waals surface area contributed by atoms with Gasteiger partial charge in [-0.05, 0) is 79.1 Å². The molecule has 5 fully saturated rings. The average Bonchev–Trinajstić information content (AvgIpc) is 3.56. The number of ketones is 2. The number of nitrogens with zero attached hydrogens (tertiary/aromatic N) is 1. The van der Waals surface area contributed by atoms with Crippen molar-refractivity contribution >= 4 is 17.5 Å². The highest BCUT2D eigenvalue weighted by molar-refractivity contribution is 6.01. The number of ether oxygens (including phenoxy) is 1. The lowest BCUT2D eigenvalue weighted by Crippen LogP contribution is -2.67. The zero-order valence-corrected chi connectivity index (χ0v) is 23.4. The lowest BCUT2D eigenvalue weighted by molar-refractivity contribution is -0.190. The number of carbonyl (C=O) groups excluding carboxylic acids is 2. The predicted molar refractivity (Wildman–Crippen MR) is 136 cm³/mol. The third-order valence-electron chi connectivity index (χ3n) is 13.1. The zero-order valence-electron chi connectivity index (χ0n) is 23.4. The van der Waals surface area contributed by atoms with Gasteiger partial charge in [0.25, 0.3) is 0 Å². The molecule has 0 amide bonds. The Bertz CT molecular complexity index is 1220. The number of nitriles is 1. The third kappa shape index (κ3) is 2.59. The Balaban J connectivity index is 1.53. The molecule has 9 atom stereocenters. The molecule has 0 spiro atoms. The standard InChI is InChI=1S/C31H41NO5/c1-25(2)10-12-30(24(35)36)13-11-28(6)21(17(30)15-25)18(33)14-20-27(28,5)9-8-19-26(3,4)22(34)31(16-32)23(37-31)29(19,20)7/h14,17,19,21,23H,8-13,15H2,1-7H3,(H,35,36)/t17?,19-,21+,23+,27+,28+,29-,30-,31-/m0/s1. The fourth-order valence-corrected chi connectivity index (χ4v) is 10.8. The number of rotatable bonds is 1. The van der Waals surface area contributed by atoms with Crippen LogP contribution in [0, 0.1) is 61.6 Å². The first-order valence-electron chi connectivity index (χ1n) is 14.1. The van der Waals surface area contributed by atoms with E-state index >= 15 is 0 Å². The van der Waals surface area contributed by atoms with Crippen molar-refractivity contribution < 1.29 is 24.2 Å². The van der Waals surface area contributed by atoms with Crippen LogP contribution in [0.5, 0.6) is 0 Å². The molecular formula is C31H41NO5. The van der Waals surface area contributed by atoms with Gasteiger partial charge in [-0.1, -0.05) is 54.0 Å². The van der Waals surface area contributed by atoms with Crippen LogP contribution >= 0.6 is 0 Å². The maximum atomic E-state index is 14.3. The summed E-state index contributed by atoms with van der Waals surface area (Å²) in [6, 6.07) is 2.22. The van der Waals surface area contributed by atoms with E-state index in [2.05, 4.69) is 40.7 Å². The van der Waals surface area contributed by atoms with Crippen LogP contribution in [-0.2, 0) is 19.1 Å². The lowest BCUT2D eigenvalue weighted by atomic mass is 9.33. The number of Topliss-reactive ketones (excluding diaryl/α,β-unsaturated/α-hetero) is 1. The van der Waals surface area contributed by atoms with Crippen molar-refractivity contribution in [2.75, 3.05) is 0 Å². The summed E-state index contributed by atoms with van der Waals surface area (Å²) >= 11 is 0. The number of allylic oxidation sites excluding steroid dienone is 1. The molecule has 4 saturated carbocycles. The topological polar surface area (TPSA) is 108 Å². The van der Waals surface area contributed by atoms with Gasteiger partial charge in [-0.3, -0.25) is 14.4 Å². The second-order valence-electron chi connectivity index (χ2n) is 15.4. The summed E-state index contributed by atoms with van der Waals surface area (Å²) in [5, 5.41) is 20.6. The van der Waals surface area contributed by atoms with E-state index in [-0.39, 0.29) is 40.2 Å². The summed E-state index contributed by atoms with van der Waals surface area (Å²) in [6.45, 7) is 15.0. The second-order valence-corrected chi connectivity index (χ2v) is 15.4. The highest BCUT2D eigenvalue weighted by Gasteiger charge is 2.82. The van der Waals surface area contributed by atoms with Crippen LogP contribution in [0.2, 0.25) is 0 Å². The van der Waals surface area contributed by atoms with Crippen LogP contribution in [0.15, 0.2) is 11.6 Å². The minimum absolute atomic E-state index is 0.00130. The van der Waals surface area contributed by atoms with Gasteiger partial charge in [-0.2, -0.15) is 5.26 Å². The summed E-state index contributed by atoms with van der Waals surface area (Å²) in [5.74, 6) is -1.38. The average molecular weight is 508 g/mol. The van der Waals surface area contributed by atoms with Gasteiger partial charge in [-0.25, -0.2) is 0 Å². The largest absolute Gasteiger partial charge is 0.481 e. The van der Waals surface area contributed by atoms with Crippen molar-refractivity contribution in [1.82, 2.24) is 0 Å². The molecule has 1 saturated heterocycles. The molecule has 6 rings (SSSR count). The molecule has 1 heterocycles. The molecule has 1 aliphatic heterocycles. The van der Waals surface area contributed by atoms with E-state index in [4.69, 9.17) is 4.74 Å². The monoisotopic (exact) mass is 507 g/mol. The summed E-state index contributed by atoms with van der Waals surface area (Å²) in [5.41, 5.74) is -3.29. The SMILES string of the molecule is CC1(C)CC[C@]2(C(=O)O)CC[C@]3(C)[C@@H](C(=O)C=C4[C@@]5(C)[C@H]6O[C@@]6(C#N)C(=O)C(C)(C)[C@@H]5CC[C@]43C)C2C1. The summed E-state index contributed by atoms with van der Waals surface area (Å²) in [4.78, 5) is 40.6. The molecule has 5 aliphatic carbocycles. The molecular weight excluding hydrogens is 466 g/mol. The molecule has 6 heteroatoms. The smallest absolute Gasteiger partial charge is 0.309 e. The third-order valence-corrected chi connectivity index (χ3v) is 13.1. The van der Waals surface area contributed by atoms with Crippen LogP contribution in [0.3, 0.4) is 0 Å². The van der Waals surface area contributed by atoms with Gasteiger partial charge >= 0.3 is 5.97 Å². The highest BCUT2D eigenvalue weighted by atomic mass is 16.6. The number of fused-ring (bicyclic) bond motifs is 9. The number of hydrogen-bond donors (Lipinski definition) is 1. The van der Waals surface area contributed by atoms with Gasteiger partial charge in [0.1, 0.15) is 12.2 Å². The Morgan fingerprint density at radius 2 is 1.68 bits per heavy atom. The minimum Gasteiger partial charge on any atom is -0.481 e. The van der Waals surface area contributed by atoms with Crippen LogP contribution in [-0.4, -0.2) is 34.3 Å². The van der Waals surface area contributed by atoms with Crippen molar-refractivity contribution in [2.45, 2.75) is 105 Å². The van der Waals surface area contributed by atoms with E-state index in [1.54, 1.807) is 0 Å². The van der Waals surface area contributed by atoms with Gasteiger partial charge in [0.2, 0.25) is 5.60 Å². The maximum Gasteiger partial charge on any atom is 0.309 e. The van der Waals surface area contributed by atoms with Gasteiger partial charge < -0.3 is 9.84 Å². The number of carbonyl (C=O) groups is 3. The Morgan fingerprint density at radius 3 is 2.30 bits per heavy atom. The Morgan fingerprint density at radius 1 is 1.03 bits per heavy atom. The van der Waals surface area contributed by atoms with Crippen molar-refractivity contribution in [3.63, 3.8) is 0 Å². The van der Waals surface area contributed by atoms with Gasteiger partial charge in [0, 0.05) is 16.7 Å². The van der Waals surface area contributed by atoms with Crippen molar-refractivity contribution in [3.05, 3.63) is 11.6 Å². The quantitative estimate of drug-likeness (QED) is 0.470. The molecule has 6 nitrogen and oxygen atoms in total. The molecule has 0 aromatic rings. The van der Waals surface area contributed by atoms with E-state index in [9.17, 15) is 24.8 Å². The molecule has 0 aromatic heterocycles. The first kappa shape index (κ1) is 25.3. The Kier molecular flexibility index (Phi) is 4.62. The van der Waals surface area contributed by atoms with Crippen molar-refractivity contribution in [3.8, 4) is 6.07 Å². The molecule has 1 N–H and O–H groups in total. The van der Waals surface area contributed by atoms with Gasteiger partial charge in [0.05, 0.1) is 5.41 Å². The number of carboxylic acids is 1. The number of carboxylic acid groups (broad SMARTS) is 1. The van der Waals surface area contributed by atoms with E-state index in [1.165, 1.54) is 0 Å². The van der Waals surface area contributed by atoms with Crippen LogP contribution in [0.25, 0.3) is 0 Å². The number of epoxide rings is 1. The van der Waals surface area contributed by atoms with E-state index in [1.807, 2.05) is 19.9 Å². The molecule has 200 valence electrons. The van der Waals surface area contributed by atoms with Crippen molar-refractivity contribution in [2.24, 2.45) is 50.2 Å². The normalized spacial score (nSPS) is 52.8. The molecule has 0 radical (unpaired) electrons. The Hall–Kier alpha value is -2.00. The second kappa shape index (κ2) is 6.76. The van der Waals surface area contributed by atoms with E-state index in [0.29, 0.717) is 19.3 Å². The first-order chi connectivity index (χ1) is 17.0. The van der Waals surface area contributed by atoms with E-state index < -0.39 is 39.3 Å². The van der Waals surface area contributed by atoms with Crippen molar-refractivity contribution in [1.29, 1.82) is 5.26 Å². The zero-order chi connectivity index (χ0) is 27.2. The minimum atomic E-state index is -1.42. The maximum absolute atomic E-state index is 14.3. The van der Waals surface area contributed by atoms with Crippen LogP contribution < -0.4 is 0 Å². The van der Waals surface area contributed by atoms with Crippen LogP contribution in [0.4, 0.5) is 0 Å². The van der Waals surface area contributed by atoms with Gasteiger partial charge in [0.15, 0.2) is 11.6 Å². The van der Waals surface area contributed by atoms with Gasteiger partial charge in [-0.15, -0.1) is 0 Å². The number of aliphatic carboxylic acids is 1. The molecule has 37 heavy (non-hydrogen) atoms. The lowest BCUT2D eigenvalue weighted by Gasteiger charge is -2.69. The Labute approximate surface area is 220 Å². The van der Waals surface area contributed by atoms with Crippen LogP contribution in [0.1, 0.15) is 93.4 Å². The van der Waals surface area contributed by atoms with E-state index in [0.717, 1.165) is 31.3 Å². The molecule has 6 aliphatic rings. The highest BCUT2D eigenvalue weighted by Crippen LogP contribution is 2.77. The fourth-order valence-electron chi connectivity index (χ4n) is 10.8. The fraction of sp³-hybridized carbons (Fsp3) is 0.806. The number of hydrogen-bond acceptors (Lipinski definition) is 5. The molecule has 1 unspecified atom stereocenters. The first-order valence-corrected chi connectivity index (χ1v) is 14.1. The molecule has 0 bridgehead atoms.